The molecule has 1 aromatic carbocycles. The summed E-state index contributed by atoms with van der Waals surface area (Å²) in [6.07, 6.45) is -6.36. The lowest BCUT2D eigenvalue weighted by molar-refractivity contribution is -0.137. The number of hydrogen-bond acceptors (Lipinski definition) is 1. The minimum absolute atomic E-state index is 0.0940. The Labute approximate surface area is 123 Å². The van der Waals surface area contributed by atoms with Gasteiger partial charge in [0.15, 0.2) is 0 Å². The van der Waals surface area contributed by atoms with Crippen molar-refractivity contribution in [3.05, 3.63) is 66.8 Å². The lowest BCUT2D eigenvalue weighted by Gasteiger charge is -2.10. The molecule has 0 heterocycles. The van der Waals surface area contributed by atoms with Crippen LogP contribution in [0.4, 0.5) is 26.3 Å². The maximum Gasteiger partial charge on any atom is 0.433 e. The Bertz CT molecular complexity index is 602. The standard InChI is InChI=1S/C15H11F6N/c1-3-5-12(22-13(4-2)15(19,20)21)10-6-8-11(9-7-10)14(16,17)18/h3-9H,1-2H2/b12-5-,22-13?. The molecule has 0 unspecified atom stereocenters. The molecule has 0 radical (unpaired) electrons. The Kier molecular flexibility index (Phi) is 5.35. The highest BCUT2D eigenvalue weighted by atomic mass is 19.4. The van der Waals surface area contributed by atoms with E-state index in [0.29, 0.717) is 6.08 Å². The molecule has 0 aromatic heterocycles. The quantitative estimate of drug-likeness (QED) is 0.399. The van der Waals surface area contributed by atoms with Gasteiger partial charge in [-0.25, -0.2) is 4.99 Å². The van der Waals surface area contributed by atoms with Crippen molar-refractivity contribution < 1.29 is 26.3 Å². The van der Waals surface area contributed by atoms with Gasteiger partial charge < -0.3 is 0 Å². The Morgan fingerprint density at radius 1 is 0.955 bits per heavy atom. The Balaban J connectivity index is 3.29. The maximum atomic E-state index is 12.7. The van der Waals surface area contributed by atoms with Gasteiger partial charge in [-0.1, -0.05) is 31.4 Å². The molecule has 0 aliphatic heterocycles. The summed E-state index contributed by atoms with van der Waals surface area (Å²) in [6, 6.07) is 3.61. The second kappa shape index (κ2) is 6.64. The van der Waals surface area contributed by atoms with Crippen LogP contribution < -0.4 is 0 Å². The Morgan fingerprint density at radius 3 is 1.86 bits per heavy atom. The monoisotopic (exact) mass is 319 g/mol. The van der Waals surface area contributed by atoms with Crippen LogP contribution in [-0.2, 0) is 6.18 Å². The van der Waals surface area contributed by atoms with Gasteiger partial charge in [-0.3, -0.25) is 0 Å². The van der Waals surface area contributed by atoms with Crippen molar-refractivity contribution in [3.63, 3.8) is 0 Å². The first-order chi connectivity index (χ1) is 10.1. The van der Waals surface area contributed by atoms with E-state index >= 15 is 0 Å². The summed E-state index contributed by atoms with van der Waals surface area (Å²) in [7, 11) is 0. The molecule has 0 N–H and O–H groups in total. The molecule has 0 saturated carbocycles. The molecule has 118 valence electrons. The molecule has 0 saturated heterocycles. The van der Waals surface area contributed by atoms with E-state index in [2.05, 4.69) is 18.2 Å². The van der Waals surface area contributed by atoms with Gasteiger partial charge in [0.05, 0.1) is 11.3 Å². The molecule has 0 bridgehead atoms. The smallest absolute Gasteiger partial charge is 0.243 e. The molecular weight excluding hydrogens is 308 g/mol. The van der Waals surface area contributed by atoms with Crippen LogP contribution >= 0.6 is 0 Å². The molecule has 0 aliphatic rings. The van der Waals surface area contributed by atoms with Gasteiger partial charge >= 0.3 is 12.4 Å². The molecule has 0 aliphatic carbocycles. The first-order valence-electron chi connectivity index (χ1n) is 5.88. The molecule has 0 atom stereocenters. The van der Waals surface area contributed by atoms with Gasteiger partial charge in [0, 0.05) is 5.56 Å². The minimum atomic E-state index is -4.71. The van der Waals surface area contributed by atoms with Crippen LogP contribution in [0, 0.1) is 0 Å². The van der Waals surface area contributed by atoms with Crippen molar-refractivity contribution in [2.45, 2.75) is 12.4 Å². The Morgan fingerprint density at radius 2 is 1.50 bits per heavy atom. The van der Waals surface area contributed by atoms with E-state index < -0.39 is 23.6 Å². The van der Waals surface area contributed by atoms with Gasteiger partial charge in [-0.05, 0) is 24.3 Å². The predicted octanol–water partition coefficient (Wildman–Crippen LogP) is 5.42. The summed E-state index contributed by atoms with van der Waals surface area (Å²) in [6.45, 7) is 6.37. The third kappa shape index (κ3) is 4.61. The molecule has 0 spiro atoms. The summed E-state index contributed by atoms with van der Waals surface area (Å²) in [4.78, 5) is 3.40. The van der Waals surface area contributed by atoms with E-state index in [0.717, 1.165) is 30.3 Å². The first-order valence-corrected chi connectivity index (χ1v) is 5.88. The zero-order valence-electron chi connectivity index (χ0n) is 11.2. The van der Waals surface area contributed by atoms with Crippen LogP contribution in [0.15, 0.2) is 60.6 Å². The summed E-state index contributed by atoms with van der Waals surface area (Å²) >= 11 is 0. The largest absolute Gasteiger partial charge is 0.433 e. The van der Waals surface area contributed by atoms with Gasteiger partial charge in [0.1, 0.15) is 5.71 Å². The molecule has 1 rings (SSSR count). The molecule has 22 heavy (non-hydrogen) atoms. The minimum Gasteiger partial charge on any atom is -0.243 e. The van der Waals surface area contributed by atoms with E-state index in [4.69, 9.17) is 0 Å². The number of nitrogens with zero attached hydrogens (tertiary/aromatic N) is 1. The highest BCUT2D eigenvalue weighted by molar-refractivity contribution is 6.02. The molecule has 0 amide bonds. The number of rotatable bonds is 4. The van der Waals surface area contributed by atoms with Crippen molar-refractivity contribution in [2.24, 2.45) is 4.99 Å². The fraction of sp³-hybridized carbons (Fsp3) is 0.133. The van der Waals surface area contributed by atoms with Gasteiger partial charge in [-0.15, -0.1) is 0 Å². The highest BCUT2D eigenvalue weighted by Gasteiger charge is 2.34. The number of alkyl halides is 6. The topological polar surface area (TPSA) is 12.4 Å². The number of halogens is 6. The van der Waals surface area contributed by atoms with Gasteiger partial charge in [-0.2, -0.15) is 26.3 Å². The second-order valence-corrected chi connectivity index (χ2v) is 4.06. The Hall–Kier alpha value is -2.31. The number of benzene rings is 1. The normalized spacial score (nSPS) is 13.9. The van der Waals surface area contributed by atoms with Crippen LogP contribution in [0.3, 0.4) is 0 Å². The highest BCUT2D eigenvalue weighted by Crippen LogP contribution is 2.30. The van der Waals surface area contributed by atoms with E-state index in [1.54, 1.807) is 0 Å². The lowest BCUT2D eigenvalue weighted by Crippen LogP contribution is -2.20. The van der Waals surface area contributed by atoms with E-state index in [9.17, 15) is 26.3 Å². The van der Waals surface area contributed by atoms with Gasteiger partial charge in [0.2, 0.25) is 0 Å². The second-order valence-electron chi connectivity index (χ2n) is 4.06. The van der Waals surface area contributed by atoms with Crippen molar-refractivity contribution in [1.29, 1.82) is 0 Å². The fourth-order valence-electron chi connectivity index (χ4n) is 1.49. The van der Waals surface area contributed by atoms with Crippen molar-refractivity contribution in [3.8, 4) is 0 Å². The number of hydrogen-bond donors (Lipinski definition) is 0. The van der Waals surface area contributed by atoms with Crippen molar-refractivity contribution >= 4 is 11.4 Å². The average molecular weight is 319 g/mol. The van der Waals surface area contributed by atoms with Crippen LogP contribution in [0.5, 0.6) is 0 Å². The van der Waals surface area contributed by atoms with Crippen molar-refractivity contribution in [1.82, 2.24) is 0 Å². The first kappa shape index (κ1) is 17.7. The van der Waals surface area contributed by atoms with Crippen LogP contribution in [0.1, 0.15) is 11.1 Å². The van der Waals surface area contributed by atoms with E-state index in [1.807, 2.05) is 0 Å². The average Bonchev–Trinajstić information content (AvgIpc) is 2.41. The lowest BCUT2D eigenvalue weighted by atomic mass is 10.1. The zero-order valence-corrected chi connectivity index (χ0v) is 11.2. The number of allylic oxidation sites excluding steroid dienone is 3. The maximum absolute atomic E-state index is 12.7. The van der Waals surface area contributed by atoms with Crippen molar-refractivity contribution in [2.75, 3.05) is 0 Å². The third-order valence-corrected chi connectivity index (χ3v) is 2.51. The molecule has 1 aromatic rings. The van der Waals surface area contributed by atoms with E-state index in [-0.39, 0.29) is 11.3 Å². The number of aliphatic imine (C=N–C) groups is 1. The summed E-state index contributed by atoms with van der Waals surface area (Å²) in [5.41, 5.74) is -2.23. The summed E-state index contributed by atoms with van der Waals surface area (Å²) in [5.74, 6) is 0. The molecule has 7 heteroatoms. The molecule has 0 fully saturated rings. The SMILES string of the molecule is C=C/C=C(\N=C(C=C)C(F)(F)F)c1ccc(C(F)(F)F)cc1. The van der Waals surface area contributed by atoms with E-state index in [1.165, 1.54) is 6.08 Å². The van der Waals surface area contributed by atoms with Crippen LogP contribution in [-0.4, -0.2) is 11.9 Å². The third-order valence-electron chi connectivity index (χ3n) is 2.51. The van der Waals surface area contributed by atoms with Gasteiger partial charge in [0.25, 0.3) is 0 Å². The molecular formula is C15H11F6N. The predicted molar refractivity (Wildman–Crippen MR) is 73.3 cm³/mol. The van der Waals surface area contributed by atoms with Crippen LogP contribution in [0.25, 0.3) is 5.70 Å². The summed E-state index contributed by atoms with van der Waals surface area (Å²) < 4.78 is 75.4. The zero-order chi connectivity index (χ0) is 17.0. The fourth-order valence-corrected chi connectivity index (χ4v) is 1.49. The molecule has 1 nitrogen and oxygen atoms in total. The van der Waals surface area contributed by atoms with Crippen LogP contribution in [0.2, 0.25) is 0 Å². The summed E-state index contributed by atoms with van der Waals surface area (Å²) in [5, 5.41) is 0.